The van der Waals surface area contributed by atoms with E-state index in [4.69, 9.17) is 47.4 Å². The fourth-order valence-corrected chi connectivity index (χ4v) is 8.17. The van der Waals surface area contributed by atoms with E-state index in [0.717, 1.165) is 39.1 Å². The van der Waals surface area contributed by atoms with Crippen molar-refractivity contribution >= 4 is 0 Å². The smallest absolute Gasteiger partial charge is 0.187 e. The van der Waals surface area contributed by atoms with Crippen LogP contribution in [0.15, 0.2) is 176 Å². The van der Waals surface area contributed by atoms with Crippen molar-refractivity contribution in [2.24, 2.45) is 0 Å². The zero-order valence-corrected chi connectivity index (χ0v) is 37.7. The lowest BCUT2D eigenvalue weighted by atomic mass is 9.97. The highest BCUT2D eigenvalue weighted by molar-refractivity contribution is 5.27. The van der Waals surface area contributed by atoms with Gasteiger partial charge in [0.1, 0.15) is 54.6 Å². The summed E-state index contributed by atoms with van der Waals surface area (Å²) in [6.07, 6.45) is -9.89. The minimum absolute atomic E-state index is 0.0148. The molecule has 6 aromatic carbocycles. The Bertz CT molecular complexity index is 2270. The summed E-state index contributed by atoms with van der Waals surface area (Å²) in [5, 5.41) is 23.9. The molecule has 12 nitrogen and oxygen atoms in total. The molecule has 0 radical (unpaired) electrons. The van der Waals surface area contributed by atoms with Gasteiger partial charge in [0.15, 0.2) is 12.6 Å². The highest BCUT2D eigenvalue weighted by Gasteiger charge is 2.51. The maximum atomic E-state index is 12.1. The van der Waals surface area contributed by atoms with Crippen molar-refractivity contribution < 1.29 is 57.6 Å². The van der Waals surface area contributed by atoms with Crippen LogP contribution in [0.3, 0.4) is 0 Å². The number of hydrogen-bond acceptors (Lipinski definition) is 12. The number of rotatable bonds is 23. The van der Waals surface area contributed by atoms with Gasteiger partial charge >= 0.3 is 0 Å². The van der Waals surface area contributed by atoms with E-state index < -0.39 is 61.4 Å². The van der Waals surface area contributed by atoms with E-state index in [2.05, 4.69) is 0 Å². The quantitative estimate of drug-likeness (QED) is 0.0647. The number of aliphatic hydroxyl groups is 2. The van der Waals surface area contributed by atoms with Crippen LogP contribution < -0.4 is 4.74 Å². The SMILES string of the molecule is COc1ccc(COC[C@H]2O[C@H](OC[C@H]3O[C@H](O)[C@H](OCc4ccccc4)[C@@H](OCc4ccccc4)[C@@H]3OCc3ccccc3)[C@H](OCc3ccccc3)[C@@H](OCc3ccccc3)[C@@H]2O)cc1. The Morgan fingerprint density at radius 1 is 0.373 bits per heavy atom. The minimum atomic E-state index is -1.42. The van der Waals surface area contributed by atoms with Crippen LogP contribution in [0.1, 0.15) is 33.4 Å². The molecule has 0 aliphatic carbocycles. The second-order valence-corrected chi connectivity index (χ2v) is 16.6. The Morgan fingerprint density at radius 3 is 1.24 bits per heavy atom. The highest BCUT2D eigenvalue weighted by atomic mass is 16.7. The maximum absolute atomic E-state index is 12.1. The lowest BCUT2D eigenvalue weighted by Crippen LogP contribution is -2.63. The molecule has 0 amide bonds. The van der Waals surface area contributed by atoms with Crippen molar-refractivity contribution in [2.75, 3.05) is 20.3 Å². The van der Waals surface area contributed by atoms with Gasteiger partial charge in [-0.3, -0.25) is 0 Å². The highest BCUT2D eigenvalue weighted by Crippen LogP contribution is 2.33. The summed E-state index contributed by atoms with van der Waals surface area (Å²) < 4.78 is 64.5. The molecule has 6 aromatic rings. The topological polar surface area (TPSA) is 133 Å². The lowest BCUT2D eigenvalue weighted by Gasteiger charge is -2.46. The van der Waals surface area contributed by atoms with Crippen molar-refractivity contribution in [3.8, 4) is 5.75 Å². The zero-order valence-electron chi connectivity index (χ0n) is 37.7. The van der Waals surface area contributed by atoms with E-state index >= 15 is 0 Å². The molecule has 352 valence electrons. The zero-order chi connectivity index (χ0) is 46.0. The van der Waals surface area contributed by atoms with Crippen LogP contribution >= 0.6 is 0 Å². The van der Waals surface area contributed by atoms with Gasteiger partial charge in [0.2, 0.25) is 0 Å². The van der Waals surface area contributed by atoms with Gasteiger partial charge in [-0.2, -0.15) is 0 Å². The van der Waals surface area contributed by atoms with Crippen LogP contribution in [0.25, 0.3) is 0 Å². The standard InChI is InChI=1S/C55H60O12/c1-58-45-29-27-44(28-30-45)31-59-37-46-48(56)50(61-33-40-19-9-3-10-20-40)53(64-36-43-25-15-6-16-26-43)55(67-46)65-38-47-49(60-32-39-17-7-2-8-18-39)51(62-34-41-21-11-4-12-22-41)52(54(57)66-47)63-35-42-23-13-5-14-24-42/h2-30,46-57H,31-38H2,1H3/t46-,47-,48-,49-,50+,51+,52-,53-,54+,55+/m1/s1. The molecule has 2 aliphatic heterocycles. The summed E-state index contributed by atoms with van der Waals surface area (Å²) in [4.78, 5) is 0. The molecule has 0 spiro atoms. The number of methoxy groups -OCH3 is 1. The third kappa shape index (κ3) is 13.9. The molecule has 0 saturated carbocycles. The number of aliphatic hydroxyl groups excluding tert-OH is 2. The van der Waals surface area contributed by atoms with Crippen LogP contribution in [0.5, 0.6) is 5.75 Å². The third-order valence-corrected chi connectivity index (χ3v) is 11.8. The first-order valence-corrected chi connectivity index (χ1v) is 22.8. The normalized spacial score (nSPS) is 25.1. The van der Waals surface area contributed by atoms with E-state index in [1.54, 1.807) is 7.11 Å². The number of ether oxygens (including phenoxy) is 10. The first kappa shape index (κ1) is 48.1. The average molecular weight is 913 g/mol. The van der Waals surface area contributed by atoms with E-state index in [9.17, 15) is 10.2 Å². The molecule has 67 heavy (non-hydrogen) atoms. The van der Waals surface area contributed by atoms with Gasteiger partial charge in [-0.1, -0.05) is 164 Å². The number of benzene rings is 6. The predicted molar refractivity (Wildman–Crippen MR) is 249 cm³/mol. The Labute approximate surface area is 392 Å². The molecule has 10 atom stereocenters. The van der Waals surface area contributed by atoms with Gasteiger partial charge < -0.3 is 57.6 Å². The fourth-order valence-electron chi connectivity index (χ4n) is 8.17. The van der Waals surface area contributed by atoms with Crippen LogP contribution in [0.4, 0.5) is 0 Å². The maximum Gasteiger partial charge on any atom is 0.187 e. The summed E-state index contributed by atoms with van der Waals surface area (Å²) >= 11 is 0. The van der Waals surface area contributed by atoms with Gasteiger partial charge in [-0.15, -0.1) is 0 Å². The van der Waals surface area contributed by atoms with Crippen LogP contribution in [0, 0.1) is 0 Å². The summed E-state index contributed by atoms with van der Waals surface area (Å²) in [7, 11) is 1.62. The summed E-state index contributed by atoms with van der Waals surface area (Å²) in [5.41, 5.74) is 5.55. The molecule has 0 unspecified atom stereocenters. The summed E-state index contributed by atoms with van der Waals surface area (Å²) in [6.45, 7) is 1.16. The van der Waals surface area contributed by atoms with Crippen LogP contribution in [-0.2, 0) is 82.3 Å². The van der Waals surface area contributed by atoms with E-state index in [-0.39, 0.29) is 52.9 Å². The average Bonchev–Trinajstić information content (AvgIpc) is 3.38. The molecule has 8 rings (SSSR count). The molecule has 2 fully saturated rings. The van der Waals surface area contributed by atoms with Crippen LogP contribution in [0.2, 0.25) is 0 Å². The van der Waals surface area contributed by atoms with Gasteiger partial charge in [-0.05, 0) is 45.5 Å². The monoisotopic (exact) mass is 912 g/mol. The predicted octanol–water partition coefficient (Wildman–Crippen LogP) is 7.96. The fraction of sp³-hybridized carbons (Fsp3) is 0.345. The van der Waals surface area contributed by atoms with Crippen molar-refractivity contribution in [1.29, 1.82) is 0 Å². The van der Waals surface area contributed by atoms with Crippen LogP contribution in [-0.4, -0.2) is 91.9 Å². The van der Waals surface area contributed by atoms with E-state index in [0.29, 0.717) is 0 Å². The second kappa shape index (κ2) is 25.2. The molecule has 2 saturated heterocycles. The Balaban J connectivity index is 1.07. The van der Waals surface area contributed by atoms with Crippen molar-refractivity contribution in [2.45, 2.75) is 101 Å². The summed E-state index contributed by atoms with van der Waals surface area (Å²) in [5.74, 6) is 0.737. The van der Waals surface area contributed by atoms with Gasteiger partial charge in [0.25, 0.3) is 0 Å². The molecule has 2 aliphatic rings. The van der Waals surface area contributed by atoms with Crippen molar-refractivity contribution in [3.63, 3.8) is 0 Å². The Hall–Kier alpha value is -5.32. The molecule has 0 bridgehead atoms. The Morgan fingerprint density at radius 2 is 0.776 bits per heavy atom. The van der Waals surface area contributed by atoms with E-state index in [1.807, 2.05) is 176 Å². The molecule has 2 heterocycles. The molecular formula is C55H60O12. The lowest BCUT2D eigenvalue weighted by molar-refractivity contribution is -0.346. The second-order valence-electron chi connectivity index (χ2n) is 16.6. The van der Waals surface area contributed by atoms with Gasteiger partial charge in [0.05, 0.1) is 60.0 Å². The van der Waals surface area contributed by atoms with Gasteiger partial charge in [0, 0.05) is 0 Å². The van der Waals surface area contributed by atoms with Crippen molar-refractivity contribution in [1.82, 2.24) is 0 Å². The van der Waals surface area contributed by atoms with Gasteiger partial charge in [-0.25, -0.2) is 0 Å². The first-order valence-electron chi connectivity index (χ1n) is 22.8. The van der Waals surface area contributed by atoms with Crippen molar-refractivity contribution in [3.05, 3.63) is 209 Å². The molecule has 2 N–H and O–H groups in total. The minimum Gasteiger partial charge on any atom is -0.497 e. The largest absolute Gasteiger partial charge is 0.497 e. The third-order valence-electron chi connectivity index (χ3n) is 11.8. The Kier molecular flexibility index (Phi) is 18.1. The molecule has 0 aromatic heterocycles. The molecular weight excluding hydrogens is 853 g/mol. The first-order chi connectivity index (χ1) is 33.0. The molecule has 12 heteroatoms. The van der Waals surface area contributed by atoms with E-state index in [1.165, 1.54) is 0 Å². The summed E-state index contributed by atoms with van der Waals surface area (Å²) in [6, 6.07) is 56.4. The number of hydrogen-bond donors (Lipinski definition) is 2.